The Morgan fingerprint density at radius 2 is 2.00 bits per heavy atom. The summed E-state index contributed by atoms with van der Waals surface area (Å²) in [6, 6.07) is 3.24. The number of hydrogen-bond donors (Lipinski definition) is 1. The molecule has 0 aromatic heterocycles. The molecule has 1 aromatic rings. The lowest BCUT2D eigenvalue weighted by Crippen LogP contribution is -2.25. The van der Waals surface area contributed by atoms with Crippen LogP contribution in [0.4, 0.5) is 8.78 Å². The van der Waals surface area contributed by atoms with Crippen molar-refractivity contribution in [1.29, 1.82) is 0 Å². The van der Waals surface area contributed by atoms with E-state index in [0.29, 0.717) is 5.56 Å². The molecule has 0 saturated carbocycles. The third kappa shape index (κ3) is 4.25. The molecule has 2 unspecified atom stereocenters. The Labute approximate surface area is 120 Å². The molecule has 0 aliphatic carbocycles. The lowest BCUT2D eigenvalue weighted by Gasteiger charge is -2.19. The van der Waals surface area contributed by atoms with E-state index < -0.39 is 11.6 Å². The van der Waals surface area contributed by atoms with Gasteiger partial charge in [0.1, 0.15) is 11.6 Å². The Bertz CT molecular complexity index is 416. The number of rotatable bonds is 6. The van der Waals surface area contributed by atoms with Crippen LogP contribution in [-0.2, 0) is 0 Å². The fourth-order valence-electron chi connectivity index (χ4n) is 3.04. The number of halogens is 2. The Morgan fingerprint density at radius 3 is 2.65 bits per heavy atom. The molecule has 2 nitrogen and oxygen atoms in total. The van der Waals surface area contributed by atoms with Crippen LogP contribution in [0.15, 0.2) is 18.2 Å². The van der Waals surface area contributed by atoms with Crippen molar-refractivity contribution in [2.75, 3.05) is 19.6 Å². The van der Waals surface area contributed by atoms with E-state index in [4.69, 9.17) is 5.73 Å². The van der Waals surface area contributed by atoms with Gasteiger partial charge in [0.15, 0.2) is 0 Å². The van der Waals surface area contributed by atoms with Gasteiger partial charge in [0, 0.05) is 18.7 Å². The highest BCUT2D eigenvalue weighted by molar-refractivity contribution is 5.21. The molecule has 0 radical (unpaired) electrons. The second kappa shape index (κ2) is 7.14. The van der Waals surface area contributed by atoms with Gasteiger partial charge in [-0.1, -0.05) is 13.3 Å². The molecule has 1 fully saturated rings. The van der Waals surface area contributed by atoms with Gasteiger partial charge in [-0.05, 0) is 56.0 Å². The van der Waals surface area contributed by atoms with Gasteiger partial charge in [-0.25, -0.2) is 8.78 Å². The number of nitrogens with two attached hydrogens (primary N) is 1. The molecule has 1 heterocycles. The maximum atomic E-state index is 13.2. The van der Waals surface area contributed by atoms with E-state index in [1.54, 1.807) is 0 Å². The summed E-state index contributed by atoms with van der Waals surface area (Å²) in [5, 5.41) is 0. The minimum atomic E-state index is -0.556. The normalized spacial score (nSPS) is 21.3. The van der Waals surface area contributed by atoms with Gasteiger partial charge in [-0.2, -0.15) is 0 Å². The van der Waals surface area contributed by atoms with Crippen LogP contribution >= 0.6 is 0 Å². The molecule has 1 saturated heterocycles. The molecule has 112 valence electrons. The molecule has 1 aliphatic rings. The van der Waals surface area contributed by atoms with E-state index in [-0.39, 0.29) is 6.04 Å². The molecule has 2 N–H and O–H groups in total. The Morgan fingerprint density at radius 1 is 1.30 bits per heavy atom. The van der Waals surface area contributed by atoms with Crippen molar-refractivity contribution in [1.82, 2.24) is 4.90 Å². The zero-order valence-corrected chi connectivity index (χ0v) is 12.1. The van der Waals surface area contributed by atoms with Gasteiger partial charge in [0.25, 0.3) is 0 Å². The second-order valence-corrected chi connectivity index (χ2v) is 5.84. The molecular weight excluding hydrogens is 258 g/mol. The first-order valence-corrected chi connectivity index (χ1v) is 7.52. The maximum absolute atomic E-state index is 13.2. The molecule has 20 heavy (non-hydrogen) atoms. The monoisotopic (exact) mass is 282 g/mol. The molecule has 1 aromatic carbocycles. The Kier molecular flexibility index (Phi) is 5.49. The zero-order valence-electron chi connectivity index (χ0n) is 12.1. The van der Waals surface area contributed by atoms with Crippen LogP contribution in [0.1, 0.15) is 44.2 Å². The van der Waals surface area contributed by atoms with Crippen molar-refractivity contribution in [3.63, 3.8) is 0 Å². The summed E-state index contributed by atoms with van der Waals surface area (Å²) >= 11 is 0. The van der Waals surface area contributed by atoms with Crippen LogP contribution in [-0.4, -0.2) is 24.5 Å². The van der Waals surface area contributed by atoms with Crippen molar-refractivity contribution < 1.29 is 8.78 Å². The summed E-state index contributed by atoms with van der Waals surface area (Å²) in [5.74, 6) is -0.304. The van der Waals surface area contributed by atoms with Crippen LogP contribution in [0.25, 0.3) is 0 Å². The quantitative estimate of drug-likeness (QED) is 0.865. The second-order valence-electron chi connectivity index (χ2n) is 5.84. The van der Waals surface area contributed by atoms with E-state index in [0.717, 1.165) is 38.0 Å². The number of nitrogens with zero attached hydrogens (tertiary/aromatic N) is 1. The fourth-order valence-corrected chi connectivity index (χ4v) is 3.04. The van der Waals surface area contributed by atoms with Gasteiger partial charge in [0.2, 0.25) is 0 Å². The van der Waals surface area contributed by atoms with Crippen LogP contribution in [0.2, 0.25) is 0 Å². The summed E-state index contributed by atoms with van der Waals surface area (Å²) in [6.07, 6.45) is 4.53. The van der Waals surface area contributed by atoms with Gasteiger partial charge in [0.05, 0.1) is 0 Å². The van der Waals surface area contributed by atoms with Crippen molar-refractivity contribution >= 4 is 0 Å². The largest absolute Gasteiger partial charge is 0.324 e. The highest BCUT2D eigenvalue weighted by Crippen LogP contribution is 2.23. The summed E-state index contributed by atoms with van der Waals surface area (Å²) in [6.45, 7) is 5.38. The minimum absolute atomic E-state index is 0.301. The molecule has 2 atom stereocenters. The van der Waals surface area contributed by atoms with Crippen molar-refractivity contribution in [3.8, 4) is 0 Å². The van der Waals surface area contributed by atoms with Crippen LogP contribution < -0.4 is 5.73 Å². The molecule has 2 rings (SSSR count). The van der Waals surface area contributed by atoms with Crippen molar-refractivity contribution in [3.05, 3.63) is 35.4 Å². The van der Waals surface area contributed by atoms with E-state index in [2.05, 4.69) is 11.8 Å². The SMILES string of the molecule is CCCC1CCN(CCC(N)c2cc(F)cc(F)c2)C1. The van der Waals surface area contributed by atoms with E-state index in [9.17, 15) is 8.78 Å². The topological polar surface area (TPSA) is 29.3 Å². The van der Waals surface area contributed by atoms with Crippen molar-refractivity contribution in [2.24, 2.45) is 11.7 Å². The van der Waals surface area contributed by atoms with Gasteiger partial charge < -0.3 is 10.6 Å². The summed E-state index contributed by atoms with van der Waals surface area (Å²) in [7, 11) is 0. The highest BCUT2D eigenvalue weighted by Gasteiger charge is 2.22. The van der Waals surface area contributed by atoms with Crippen LogP contribution in [0.5, 0.6) is 0 Å². The predicted octanol–water partition coefficient (Wildman–Crippen LogP) is 3.48. The lowest BCUT2D eigenvalue weighted by molar-refractivity contribution is 0.306. The number of benzene rings is 1. The lowest BCUT2D eigenvalue weighted by atomic mass is 10.0. The van der Waals surface area contributed by atoms with Crippen LogP contribution in [0, 0.1) is 17.6 Å². The molecule has 4 heteroatoms. The van der Waals surface area contributed by atoms with E-state index in [1.165, 1.54) is 31.4 Å². The first-order chi connectivity index (χ1) is 9.58. The standard InChI is InChI=1S/C16H24F2N2/c1-2-3-12-4-6-20(11-12)7-5-16(19)13-8-14(17)10-15(18)9-13/h8-10,12,16H,2-7,11,19H2,1H3. The Balaban J connectivity index is 1.82. The molecule has 0 spiro atoms. The van der Waals surface area contributed by atoms with Gasteiger partial charge in [-0.3, -0.25) is 0 Å². The molecular formula is C16H24F2N2. The summed E-state index contributed by atoms with van der Waals surface area (Å²) < 4.78 is 26.3. The molecule has 1 aliphatic heterocycles. The average Bonchev–Trinajstić information content (AvgIpc) is 2.83. The van der Waals surface area contributed by atoms with Crippen LogP contribution in [0.3, 0.4) is 0 Å². The van der Waals surface area contributed by atoms with E-state index in [1.807, 2.05) is 0 Å². The fraction of sp³-hybridized carbons (Fsp3) is 0.625. The summed E-state index contributed by atoms with van der Waals surface area (Å²) in [5.41, 5.74) is 6.59. The maximum Gasteiger partial charge on any atom is 0.126 e. The van der Waals surface area contributed by atoms with E-state index >= 15 is 0 Å². The van der Waals surface area contributed by atoms with Gasteiger partial charge >= 0.3 is 0 Å². The smallest absolute Gasteiger partial charge is 0.126 e. The van der Waals surface area contributed by atoms with Crippen molar-refractivity contribution in [2.45, 2.75) is 38.6 Å². The first-order valence-electron chi connectivity index (χ1n) is 7.52. The predicted molar refractivity (Wildman–Crippen MR) is 77.4 cm³/mol. The number of hydrogen-bond acceptors (Lipinski definition) is 2. The molecule has 0 amide bonds. The van der Waals surface area contributed by atoms with Gasteiger partial charge in [-0.15, -0.1) is 0 Å². The first kappa shape index (κ1) is 15.4. The molecule has 0 bridgehead atoms. The Hall–Kier alpha value is -1.00. The zero-order chi connectivity index (χ0) is 14.5. The minimum Gasteiger partial charge on any atom is -0.324 e. The average molecular weight is 282 g/mol. The number of likely N-dealkylation sites (tertiary alicyclic amines) is 1. The third-order valence-corrected chi connectivity index (χ3v) is 4.14. The highest BCUT2D eigenvalue weighted by atomic mass is 19.1. The third-order valence-electron chi connectivity index (χ3n) is 4.14. The summed E-state index contributed by atoms with van der Waals surface area (Å²) in [4.78, 5) is 2.41.